The largest absolute Gasteiger partial charge is 0.497 e. The number of benzene rings is 1. The SMILES string of the molecule is COC(=O)[C@@H](C)[C@H](/C=C/I)OCc1ccc(OC)cc1. The molecule has 0 aromatic heterocycles. The summed E-state index contributed by atoms with van der Waals surface area (Å²) in [5.74, 6) is 0.184. The lowest BCUT2D eigenvalue weighted by Gasteiger charge is -2.19. The van der Waals surface area contributed by atoms with Crippen molar-refractivity contribution in [2.24, 2.45) is 5.92 Å². The summed E-state index contributed by atoms with van der Waals surface area (Å²) in [6.07, 6.45) is 1.55. The van der Waals surface area contributed by atoms with Crippen LogP contribution in [0, 0.1) is 5.92 Å². The molecular formula is C15H19IO4. The first-order chi connectivity index (χ1) is 9.62. The number of rotatable bonds is 7. The summed E-state index contributed by atoms with van der Waals surface area (Å²) in [7, 11) is 3.01. The van der Waals surface area contributed by atoms with E-state index in [1.807, 2.05) is 34.4 Å². The van der Waals surface area contributed by atoms with Gasteiger partial charge in [-0.1, -0.05) is 34.7 Å². The Hall–Kier alpha value is -1.08. The number of hydrogen-bond donors (Lipinski definition) is 0. The van der Waals surface area contributed by atoms with E-state index in [0.29, 0.717) is 6.61 Å². The van der Waals surface area contributed by atoms with Crippen LogP contribution in [0.5, 0.6) is 5.75 Å². The molecule has 0 radical (unpaired) electrons. The second kappa shape index (κ2) is 8.97. The lowest BCUT2D eigenvalue weighted by Crippen LogP contribution is -2.27. The van der Waals surface area contributed by atoms with Gasteiger partial charge in [-0.2, -0.15) is 0 Å². The molecule has 0 saturated carbocycles. The van der Waals surface area contributed by atoms with Gasteiger partial charge < -0.3 is 14.2 Å². The maximum Gasteiger partial charge on any atom is 0.311 e. The van der Waals surface area contributed by atoms with E-state index in [1.54, 1.807) is 14.0 Å². The number of carbonyl (C=O) groups excluding carboxylic acids is 1. The van der Waals surface area contributed by atoms with Gasteiger partial charge >= 0.3 is 5.97 Å². The molecule has 0 saturated heterocycles. The summed E-state index contributed by atoms with van der Waals surface area (Å²) in [5, 5.41) is 0. The van der Waals surface area contributed by atoms with Gasteiger partial charge in [0, 0.05) is 0 Å². The van der Waals surface area contributed by atoms with E-state index in [2.05, 4.69) is 22.6 Å². The van der Waals surface area contributed by atoms with E-state index in [4.69, 9.17) is 14.2 Å². The molecule has 2 atom stereocenters. The van der Waals surface area contributed by atoms with Crippen molar-refractivity contribution in [1.82, 2.24) is 0 Å². The zero-order valence-corrected chi connectivity index (χ0v) is 14.0. The third-order valence-corrected chi connectivity index (χ3v) is 3.34. The topological polar surface area (TPSA) is 44.8 Å². The molecule has 20 heavy (non-hydrogen) atoms. The molecule has 0 aliphatic rings. The number of carbonyl (C=O) groups is 1. The van der Waals surface area contributed by atoms with Gasteiger partial charge in [-0.25, -0.2) is 0 Å². The van der Waals surface area contributed by atoms with Gasteiger partial charge in [-0.05, 0) is 34.8 Å². The van der Waals surface area contributed by atoms with Crippen LogP contribution in [0.25, 0.3) is 0 Å². The van der Waals surface area contributed by atoms with Crippen molar-refractivity contribution in [2.75, 3.05) is 14.2 Å². The summed E-state index contributed by atoms with van der Waals surface area (Å²) in [6.45, 7) is 2.22. The normalized spacial score (nSPS) is 14.0. The van der Waals surface area contributed by atoms with Crippen molar-refractivity contribution >= 4 is 28.6 Å². The highest BCUT2D eigenvalue weighted by molar-refractivity contribution is 14.1. The summed E-state index contributed by atoms with van der Waals surface area (Å²) in [4.78, 5) is 11.6. The smallest absolute Gasteiger partial charge is 0.311 e. The number of halogens is 1. The Kier molecular flexibility index (Phi) is 7.61. The lowest BCUT2D eigenvalue weighted by atomic mass is 10.1. The van der Waals surface area contributed by atoms with Crippen molar-refractivity contribution in [3.05, 3.63) is 40.0 Å². The van der Waals surface area contributed by atoms with Gasteiger partial charge in [0.1, 0.15) is 5.75 Å². The monoisotopic (exact) mass is 390 g/mol. The fraction of sp³-hybridized carbons (Fsp3) is 0.400. The molecule has 1 rings (SSSR count). The average Bonchev–Trinajstić information content (AvgIpc) is 2.50. The quantitative estimate of drug-likeness (QED) is 0.529. The van der Waals surface area contributed by atoms with Gasteiger partial charge in [0.15, 0.2) is 0 Å². The molecule has 110 valence electrons. The third-order valence-electron chi connectivity index (χ3n) is 2.93. The number of methoxy groups -OCH3 is 2. The molecule has 0 aliphatic heterocycles. The molecule has 0 aliphatic carbocycles. The molecule has 0 heterocycles. The Morgan fingerprint density at radius 1 is 1.30 bits per heavy atom. The zero-order chi connectivity index (χ0) is 15.0. The minimum atomic E-state index is -0.343. The van der Waals surface area contributed by atoms with Crippen LogP contribution in [0.1, 0.15) is 12.5 Å². The Balaban J connectivity index is 2.64. The maximum atomic E-state index is 11.6. The molecule has 0 amide bonds. The Bertz CT molecular complexity index is 442. The first-order valence-electron chi connectivity index (χ1n) is 6.21. The predicted molar refractivity (Wildman–Crippen MR) is 85.9 cm³/mol. The molecule has 4 nitrogen and oxygen atoms in total. The van der Waals surface area contributed by atoms with Crippen LogP contribution in [0.3, 0.4) is 0 Å². The summed E-state index contributed by atoms with van der Waals surface area (Å²) >= 11 is 2.11. The Labute approximate surface area is 133 Å². The molecule has 0 unspecified atom stereocenters. The van der Waals surface area contributed by atoms with Crippen molar-refractivity contribution in [2.45, 2.75) is 19.6 Å². The van der Waals surface area contributed by atoms with Crippen LogP contribution in [0.4, 0.5) is 0 Å². The number of ether oxygens (including phenoxy) is 3. The Morgan fingerprint density at radius 2 is 1.95 bits per heavy atom. The molecule has 1 aromatic rings. The highest BCUT2D eigenvalue weighted by atomic mass is 127. The van der Waals surface area contributed by atoms with E-state index in [0.717, 1.165) is 11.3 Å². The Morgan fingerprint density at radius 3 is 2.45 bits per heavy atom. The van der Waals surface area contributed by atoms with Crippen LogP contribution in [0.2, 0.25) is 0 Å². The standard InChI is InChI=1S/C15H19IO4/c1-11(15(17)19-3)14(8-9-16)20-10-12-4-6-13(18-2)7-5-12/h4-9,11,14H,10H2,1-3H3/b9-8+/t11-,14-/m0/s1. The lowest BCUT2D eigenvalue weighted by molar-refractivity contribution is -0.149. The minimum absolute atomic E-state index is 0.278. The fourth-order valence-corrected chi connectivity index (χ4v) is 2.08. The molecular weight excluding hydrogens is 371 g/mol. The van der Waals surface area contributed by atoms with E-state index in [9.17, 15) is 4.79 Å². The second-order valence-corrected chi connectivity index (χ2v) is 4.97. The van der Waals surface area contributed by atoms with Crippen LogP contribution in [0.15, 0.2) is 34.4 Å². The van der Waals surface area contributed by atoms with Crippen molar-refractivity contribution in [3.63, 3.8) is 0 Å². The van der Waals surface area contributed by atoms with Gasteiger partial charge in [0.25, 0.3) is 0 Å². The van der Waals surface area contributed by atoms with E-state index < -0.39 is 0 Å². The molecule has 1 aromatic carbocycles. The summed E-state index contributed by atoms with van der Waals surface area (Å²) in [5.41, 5.74) is 1.02. The zero-order valence-electron chi connectivity index (χ0n) is 11.8. The van der Waals surface area contributed by atoms with Gasteiger partial charge in [0.2, 0.25) is 0 Å². The van der Waals surface area contributed by atoms with Gasteiger partial charge in [-0.3, -0.25) is 4.79 Å². The molecule has 0 fully saturated rings. The number of esters is 1. The first-order valence-corrected chi connectivity index (χ1v) is 7.46. The predicted octanol–water partition coefficient (Wildman–Crippen LogP) is 3.34. The third kappa shape index (κ3) is 5.13. The van der Waals surface area contributed by atoms with Crippen LogP contribution in [-0.2, 0) is 20.9 Å². The highest BCUT2D eigenvalue weighted by Crippen LogP contribution is 2.16. The summed E-state index contributed by atoms with van der Waals surface area (Å²) < 4.78 is 17.5. The molecule has 0 N–H and O–H groups in total. The number of hydrogen-bond acceptors (Lipinski definition) is 4. The minimum Gasteiger partial charge on any atom is -0.497 e. The first kappa shape index (κ1) is 17.0. The van der Waals surface area contributed by atoms with E-state index in [-0.39, 0.29) is 18.0 Å². The van der Waals surface area contributed by atoms with Crippen LogP contribution >= 0.6 is 22.6 Å². The van der Waals surface area contributed by atoms with Gasteiger partial charge in [0.05, 0.1) is 32.8 Å². The second-order valence-electron chi connectivity index (χ2n) is 4.25. The van der Waals surface area contributed by atoms with Crippen LogP contribution < -0.4 is 4.74 Å². The van der Waals surface area contributed by atoms with Crippen molar-refractivity contribution in [1.29, 1.82) is 0 Å². The van der Waals surface area contributed by atoms with Gasteiger partial charge in [-0.15, -0.1) is 0 Å². The van der Waals surface area contributed by atoms with Crippen molar-refractivity contribution < 1.29 is 19.0 Å². The average molecular weight is 390 g/mol. The van der Waals surface area contributed by atoms with E-state index >= 15 is 0 Å². The molecule has 5 heteroatoms. The van der Waals surface area contributed by atoms with Crippen molar-refractivity contribution in [3.8, 4) is 5.75 Å². The van der Waals surface area contributed by atoms with Crippen LogP contribution in [-0.4, -0.2) is 26.3 Å². The van der Waals surface area contributed by atoms with E-state index in [1.165, 1.54) is 7.11 Å². The molecule has 0 bridgehead atoms. The fourth-order valence-electron chi connectivity index (χ4n) is 1.67. The highest BCUT2D eigenvalue weighted by Gasteiger charge is 2.23. The maximum absolute atomic E-state index is 11.6. The molecule has 0 spiro atoms. The summed E-state index contributed by atoms with van der Waals surface area (Å²) in [6, 6.07) is 7.64.